The molecular weight excluding hydrogens is 270 g/mol. The van der Waals surface area contributed by atoms with Crippen LogP contribution < -0.4 is 5.32 Å². The zero-order chi connectivity index (χ0) is 15.1. The van der Waals surface area contributed by atoms with E-state index in [9.17, 15) is 14.7 Å². The predicted octanol–water partition coefficient (Wildman–Crippen LogP) is 1.62. The van der Waals surface area contributed by atoms with Gasteiger partial charge in [0.15, 0.2) is 0 Å². The van der Waals surface area contributed by atoms with E-state index in [-0.39, 0.29) is 5.91 Å². The van der Waals surface area contributed by atoms with Gasteiger partial charge in [0.1, 0.15) is 6.04 Å². The summed E-state index contributed by atoms with van der Waals surface area (Å²) in [6.45, 7) is 1.37. The molecule has 2 N–H and O–H groups in total. The molecule has 1 atom stereocenters. The highest BCUT2D eigenvalue weighted by molar-refractivity contribution is 5.83. The molecule has 0 aliphatic carbocycles. The number of amides is 1. The third-order valence-corrected chi connectivity index (χ3v) is 3.73. The van der Waals surface area contributed by atoms with Crippen LogP contribution in [0.5, 0.6) is 0 Å². The van der Waals surface area contributed by atoms with Crippen molar-refractivity contribution >= 4 is 11.9 Å². The molecule has 1 aliphatic heterocycles. The van der Waals surface area contributed by atoms with Crippen molar-refractivity contribution in [3.63, 3.8) is 0 Å². The second-order valence-corrected chi connectivity index (χ2v) is 5.41. The Hall–Kier alpha value is -1.88. The van der Waals surface area contributed by atoms with Crippen molar-refractivity contribution in [3.8, 4) is 0 Å². The summed E-state index contributed by atoms with van der Waals surface area (Å²) in [5.41, 5.74) is 0.899. The molecule has 1 aromatic rings. The molecule has 5 nitrogen and oxygen atoms in total. The van der Waals surface area contributed by atoms with Crippen molar-refractivity contribution in [3.05, 3.63) is 35.9 Å². The first-order valence-corrected chi connectivity index (χ1v) is 7.29. The van der Waals surface area contributed by atoms with Crippen LogP contribution in [-0.2, 0) is 20.7 Å². The van der Waals surface area contributed by atoms with Crippen LogP contribution in [0.1, 0.15) is 24.8 Å². The molecule has 0 radical (unpaired) electrons. The smallest absolute Gasteiger partial charge is 0.326 e. The Bertz CT molecular complexity index is 468. The lowest BCUT2D eigenvalue weighted by molar-refractivity contribution is -0.142. The van der Waals surface area contributed by atoms with E-state index in [2.05, 4.69) is 5.32 Å². The molecule has 1 aromatic carbocycles. The molecule has 1 saturated heterocycles. The van der Waals surface area contributed by atoms with Crippen LogP contribution in [0.25, 0.3) is 0 Å². The summed E-state index contributed by atoms with van der Waals surface area (Å²) in [6.07, 6.45) is 2.41. The van der Waals surface area contributed by atoms with Crippen LogP contribution in [0.3, 0.4) is 0 Å². The van der Waals surface area contributed by atoms with Gasteiger partial charge in [0.05, 0.1) is 0 Å². The number of carbonyl (C=O) groups is 2. The van der Waals surface area contributed by atoms with E-state index in [0.29, 0.717) is 32.0 Å². The number of nitrogens with one attached hydrogen (secondary N) is 1. The average Bonchev–Trinajstić information content (AvgIpc) is 2.48. The number of aliphatic carboxylic acids is 1. The molecule has 1 aliphatic rings. The maximum Gasteiger partial charge on any atom is 0.326 e. The maximum absolute atomic E-state index is 12.0. The van der Waals surface area contributed by atoms with Gasteiger partial charge in [0.2, 0.25) is 5.91 Å². The van der Waals surface area contributed by atoms with Gasteiger partial charge >= 0.3 is 5.97 Å². The van der Waals surface area contributed by atoms with Crippen molar-refractivity contribution < 1.29 is 19.4 Å². The van der Waals surface area contributed by atoms with E-state index in [4.69, 9.17) is 4.74 Å². The van der Waals surface area contributed by atoms with E-state index in [0.717, 1.165) is 18.4 Å². The molecule has 1 unspecified atom stereocenters. The summed E-state index contributed by atoms with van der Waals surface area (Å²) in [4.78, 5) is 23.3. The molecule has 114 valence electrons. The predicted molar refractivity (Wildman–Crippen MR) is 77.9 cm³/mol. The molecular formula is C16H21NO4. The summed E-state index contributed by atoms with van der Waals surface area (Å²) in [5, 5.41) is 11.9. The van der Waals surface area contributed by atoms with E-state index in [1.165, 1.54) is 0 Å². The van der Waals surface area contributed by atoms with E-state index in [1.807, 2.05) is 30.3 Å². The number of ether oxygens (including phenoxy) is 1. The molecule has 5 heteroatoms. The van der Waals surface area contributed by atoms with Gasteiger partial charge in [-0.1, -0.05) is 30.3 Å². The Labute approximate surface area is 124 Å². The minimum Gasteiger partial charge on any atom is -0.480 e. The van der Waals surface area contributed by atoms with Gasteiger partial charge in [-0.3, -0.25) is 4.79 Å². The van der Waals surface area contributed by atoms with Crippen LogP contribution in [-0.4, -0.2) is 36.2 Å². The zero-order valence-corrected chi connectivity index (χ0v) is 12.0. The number of carbonyl (C=O) groups excluding carboxylic acids is 1. The molecule has 2 rings (SSSR count). The summed E-state index contributed by atoms with van der Waals surface area (Å²) >= 11 is 0. The fourth-order valence-electron chi connectivity index (χ4n) is 2.52. The Kier molecular flexibility index (Phi) is 5.75. The Balaban J connectivity index is 1.86. The second-order valence-electron chi connectivity index (χ2n) is 5.41. The molecule has 21 heavy (non-hydrogen) atoms. The third-order valence-electron chi connectivity index (χ3n) is 3.73. The molecule has 1 fully saturated rings. The Morgan fingerprint density at radius 2 is 1.90 bits per heavy atom. The minimum absolute atomic E-state index is 0.190. The van der Waals surface area contributed by atoms with Crippen molar-refractivity contribution in [1.29, 1.82) is 0 Å². The SMILES string of the molecule is O=C(CC1CCOCC1)NC(Cc1ccccc1)C(=O)O. The standard InChI is InChI=1S/C16H21NO4/c18-15(11-13-6-8-21-9-7-13)17-14(16(19)20)10-12-4-2-1-3-5-12/h1-5,13-14H,6-11H2,(H,17,18)(H,19,20). The van der Waals surface area contributed by atoms with E-state index >= 15 is 0 Å². The first-order valence-electron chi connectivity index (χ1n) is 7.29. The number of hydrogen-bond acceptors (Lipinski definition) is 3. The lowest BCUT2D eigenvalue weighted by atomic mass is 9.96. The molecule has 0 spiro atoms. The van der Waals surface area contributed by atoms with Gasteiger partial charge in [0, 0.05) is 26.1 Å². The highest BCUT2D eigenvalue weighted by Gasteiger charge is 2.23. The van der Waals surface area contributed by atoms with Gasteiger partial charge in [-0.15, -0.1) is 0 Å². The summed E-state index contributed by atoms with van der Waals surface area (Å²) < 4.78 is 5.25. The lowest BCUT2D eigenvalue weighted by Gasteiger charge is -2.22. The van der Waals surface area contributed by atoms with Crippen LogP contribution >= 0.6 is 0 Å². The molecule has 1 heterocycles. The Morgan fingerprint density at radius 1 is 1.24 bits per heavy atom. The van der Waals surface area contributed by atoms with Crippen LogP contribution in [0.15, 0.2) is 30.3 Å². The van der Waals surface area contributed by atoms with Crippen molar-refractivity contribution in [2.45, 2.75) is 31.7 Å². The molecule has 0 bridgehead atoms. The van der Waals surface area contributed by atoms with Gasteiger partial charge in [0.25, 0.3) is 0 Å². The van der Waals surface area contributed by atoms with Gasteiger partial charge in [-0.2, -0.15) is 0 Å². The third kappa shape index (κ3) is 5.19. The fourth-order valence-corrected chi connectivity index (χ4v) is 2.52. The number of hydrogen-bond donors (Lipinski definition) is 2. The average molecular weight is 291 g/mol. The number of rotatable bonds is 6. The van der Waals surface area contributed by atoms with Gasteiger partial charge in [-0.05, 0) is 24.3 Å². The van der Waals surface area contributed by atoms with E-state index in [1.54, 1.807) is 0 Å². The number of benzene rings is 1. The minimum atomic E-state index is -1.00. The summed E-state index contributed by atoms with van der Waals surface area (Å²) in [6, 6.07) is 8.44. The Morgan fingerprint density at radius 3 is 2.52 bits per heavy atom. The highest BCUT2D eigenvalue weighted by Crippen LogP contribution is 2.18. The number of carboxylic acid groups (broad SMARTS) is 1. The van der Waals surface area contributed by atoms with E-state index < -0.39 is 12.0 Å². The zero-order valence-electron chi connectivity index (χ0n) is 12.0. The van der Waals surface area contributed by atoms with Crippen molar-refractivity contribution in [2.24, 2.45) is 5.92 Å². The summed E-state index contributed by atoms with van der Waals surface area (Å²) in [7, 11) is 0. The largest absolute Gasteiger partial charge is 0.480 e. The van der Waals surface area contributed by atoms with Crippen LogP contribution in [0.2, 0.25) is 0 Å². The van der Waals surface area contributed by atoms with Gasteiger partial charge in [-0.25, -0.2) is 4.79 Å². The lowest BCUT2D eigenvalue weighted by Crippen LogP contribution is -2.43. The monoisotopic (exact) mass is 291 g/mol. The number of carboxylic acids is 1. The topological polar surface area (TPSA) is 75.6 Å². The fraction of sp³-hybridized carbons (Fsp3) is 0.500. The second kappa shape index (κ2) is 7.78. The van der Waals surface area contributed by atoms with Crippen LogP contribution in [0, 0.1) is 5.92 Å². The van der Waals surface area contributed by atoms with Crippen molar-refractivity contribution in [1.82, 2.24) is 5.32 Å². The van der Waals surface area contributed by atoms with Gasteiger partial charge < -0.3 is 15.2 Å². The normalized spacial score (nSPS) is 17.1. The quantitative estimate of drug-likeness (QED) is 0.835. The molecule has 1 amide bonds. The molecule has 0 saturated carbocycles. The summed E-state index contributed by atoms with van der Waals surface area (Å²) in [5.74, 6) is -0.894. The maximum atomic E-state index is 12.0. The van der Waals surface area contributed by atoms with Crippen LogP contribution in [0.4, 0.5) is 0 Å². The molecule has 0 aromatic heterocycles. The van der Waals surface area contributed by atoms with Crippen molar-refractivity contribution in [2.75, 3.05) is 13.2 Å². The highest BCUT2D eigenvalue weighted by atomic mass is 16.5. The first-order chi connectivity index (χ1) is 10.1. The first kappa shape index (κ1) is 15.5.